The van der Waals surface area contributed by atoms with Gasteiger partial charge in [-0.1, -0.05) is 12.1 Å². The lowest BCUT2D eigenvalue weighted by atomic mass is 9.95. The second-order valence-corrected chi connectivity index (χ2v) is 13.6. The minimum absolute atomic E-state index is 0.168. The first-order valence-corrected chi connectivity index (χ1v) is 16.6. The van der Waals surface area contributed by atoms with Gasteiger partial charge in [-0.3, -0.25) is 13.7 Å². The van der Waals surface area contributed by atoms with Crippen molar-refractivity contribution in [3.8, 4) is 39.5 Å². The zero-order valence-corrected chi connectivity index (χ0v) is 26.7. The van der Waals surface area contributed by atoms with Crippen LogP contribution in [0.1, 0.15) is 10.4 Å². The lowest BCUT2D eigenvalue weighted by molar-refractivity contribution is -0.0935. The fraction of sp³-hybridized carbons (Fsp3) is 0.171. The first kappa shape index (κ1) is 31.4. The van der Waals surface area contributed by atoms with Crippen LogP contribution in [-0.4, -0.2) is 62.7 Å². The van der Waals surface area contributed by atoms with Crippen molar-refractivity contribution in [2.75, 3.05) is 37.9 Å². The number of ether oxygens (including phenoxy) is 1. The summed E-state index contributed by atoms with van der Waals surface area (Å²) >= 11 is 0. The average molecular weight is 674 g/mol. The van der Waals surface area contributed by atoms with Gasteiger partial charge in [0.05, 0.1) is 28.7 Å². The lowest BCUT2D eigenvalue weighted by Crippen LogP contribution is -2.48. The van der Waals surface area contributed by atoms with Crippen molar-refractivity contribution in [1.82, 2.24) is 9.88 Å². The van der Waals surface area contributed by atoms with Gasteiger partial charge in [0.25, 0.3) is 5.91 Å². The monoisotopic (exact) mass is 673 g/mol. The Labute approximate surface area is 273 Å². The predicted octanol–water partition coefficient (Wildman–Crippen LogP) is 5.45. The molecule has 13 heteroatoms. The average Bonchev–Trinajstić information content (AvgIpc) is 3.67. The molecule has 0 aliphatic carbocycles. The number of aliphatic hydroxyl groups is 2. The molecule has 0 saturated carbocycles. The molecule has 0 unspecified atom stereocenters. The van der Waals surface area contributed by atoms with E-state index >= 15 is 4.39 Å². The Hall–Kier alpha value is -5.24. The highest BCUT2D eigenvalue weighted by Crippen LogP contribution is 2.48. The summed E-state index contributed by atoms with van der Waals surface area (Å²) in [6, 6.07) is 19.8. The molecule has 6 aromatic rings. The van der Waals surface area contributed by atoms with E-state index in [1.54, 1.807) is 41.0 Å². The minimum atomic E-state index is -3.80. The number of benzene rings is 4. The number of carbonyl (C=O) groups excluding carboxylic acids is 1. The van der Waals surface area contributed by atoms with Gasteiger partial charge in [-0.2, -0.15) is 0 Å². The van der Waals surface area contributed by atoms with Gasteiger partial charge in [-0.15, -0.1) is 0 Å². The van der Waals surface area contributed by atoms with E-state index in [2.05, 4.69) is 5.32 Å². The Kier molecular flexibility index (Phi) is 7.31. The number of hydrogen-bond donors (Lipinski definition) is 3. The van der Waals surface area contributed by atoms with Crippen molar-refractivity contribution in [3.05, 3.63) is 96.1 Å². The molecule has 1 aliphatic heterocycles. The maximum absolute atomic E-state index is 15.0. The number of furan rings is 1. The number of halogens is 2. The number of nitrogens with zero attached hydrogens (tertiary/aromatic N) is 2. The number of nitrogens with one attached hydrogen (secondary N) is 1. The van der Waals surface area contributed by atoms with E-state index in [9.17, 15) is 27.8 Å². The van der Waals surface area contributed by atoms with Crippen molar-refractivity contribution in [2.24, 2.45) is 0 Å². The summed E-state index contributed by atoms with van der Waals surface area (Å²) < 4.78 is 69.6. The maximum Gasteiger partial charge on any atom is 0.255 e. The highest BCUT2D eigenvalue weighted by atomic mass is 32.2. The molecule has 7 rings (SSSR count). The number of hydrogen-bond acceptors (Lipinski definition) is 7. The molecular weight excluding hydrogens is 644 g/mol. The second-order valence-electron chi connectivity index (χ2n) is 11.6. The number of rotatable bonds is 7. The first-order chi connectivity index (χ1) is 22.9. The van der Waals surface area contributed by atoms with E-state index in [1.807, 2.05) is 0 Å². The number of carbonyl (C=O) groups is 1. The van der Waals surface area contributed by atoms with Crippen LogP contribution in [0.15, 0.2) is 83.3 Å². The number of aliphatic hydroxyl groups excluding tert-OH is 2. The van der Waals surface area contributed by atoms with E-state index in [0.29, 0.717) is 44.6 Å². The fourth-order valence-corrected chi connectivity index (χ4v) is 6.79. The Balaban J connectivity index is 1.51. The smallest absolute Gasteiger partial charge is 0.255 e. The summed E-state index contributed by atoms with van der Waals surface area (Å²) in [6.45, 7) is -1.23. The number of aromatic nitrogens is 1. The summed E-state index contributed by atoms with van der Waals surface area (Å²) in [5, 5.41) is 24.1. The summed E-state index contributed by atoms with van der Waals surface area (Å²) in [7, 11) is -0.946. The van der Waals surface area contributed by atoms with Crippen molar-refractivity contribution < 1.29 is 41.4 Å². The SMILES string of the molecule is CNC(=O)c1c(-c2ccc(F)cc2)oc2cc(N(C)S(C)(=O)=O)c(-c3ccc4c(c3)-c3cc5c(F)cccc5n3C(CO)(CO)O4)cc12. The van der Waals surface area contributed by atoms with E-state index in [4.69, 9.17) is 9.15 Å². The molecule has 0 atom stereocenters. The van der Waals surface area contributed by atoms with E-state index in [0.717, 1.165) is 10.6 Å². The molecule has 48 heavy (non-hydrogen) atoms. The third-order valence-corrected chi connectivity index (χ3v) is 9.96. The van der Waals surface area contributed by atoms with Crippen LogP contribution in [0.25, 0.3) is 55.6 Å². The zero-order chi connectivity index (χ0) is 34.1. The van der Waals surface area contributed by atoms with Crippen molar-refractivity contribution >= 4 is 43.5 Å². The van der Waals surface area contributed by atoms with E-state index in [-0.39, 0.29) is 28.0 Å². The van der Waals surface area contributed by atoms with Crippen LogP contribution in [-0.2, 0) is 15.7 Å². The Bertz CT molecular complexity index is 2380. The highest BCUT2D eigenvalue weighted by molar-refractivity contribution is 7.92. The number of sulfonamides is 1. The molecule has 3 N–H and O–H groups in total. The topological polar surface area (TPSA) is 134 Å². The molecule has 1 amide bonds. The lowest BCUT2D eigenvalue weighted by Gasteiger charge is -2.39. The summed E-state index contributed by atoms with van der Waals surface area (Å²) in [5.74, 6) is -0.978. The zero-order valence-electron chi connectivity index (χ0n) is 25.9. The highest BCUT2D eigenvalue weighted by Gasteiger charge is 2.41. The van der Waals surface area contributed by atoms with Crippen LogP contribution in [0, 0.1) is 11.6 Å². The van der Waals surface area contributed by atoms with Crippen LogP contribution in [0.5, 0.6) is 5.75 Å². The van der Waals surface area contributed by atoms with Crippen LogP contribution < -0.4 is 14.4 Å². The van der Waals surface area contributed by atoms with Crippen LogP contribution in [0.3, 0.4) is 0 Å². The van der Waals surface area contributed by atoms with Gasteiger partial charge < -0.3 is 24.7 Å². The Morgan fingerprint density at radius 2 is 1.65 bits per heavy atom. The molecule has 1 aliphatic rings. The minimum Gasteiger partial charge on any atom is -0.462 e. The third-order valence-electron chi connectivity index (χ3n) is 8.76. The number of anilines is 1. The van der Waals surface area contributed by atoms with E-state index in [1.165, 1.54) is 56.6 Å². The van der Waals surface area contributed by atoms with Crippen LogP contribution in [0.4, 0.5) is 14.5 Å². The quantitative estimate of drug-likeness (QED) is 0.205. The molecule has 4 aromatic carbocycles. The molecule has 10 nitrogen and oxygen atoms in total. The largest absolute Gasteiger partial charge is 0.462 e. The van der Waals surface area contributed by atoms with Gasteiger partial charge >= 0.3 is 0 Å². The number of fused-ring (bicyclic) bond motifs is 6. The van der Waals surface area contributed by atoms with Gasteiger partial charge in [-0.25, -0.2) is 17.2 Å². The predicted molar refractivity (Wildman–Crippen MR) is 177 cm³/mol. The molecule has 0 spiro atoms. The summed E-state index contributed by atoms with van der Waals surface area (Å²) in [6.07, 6.45) is 1.06. The second kappa shape index (κ2) is 11.2. The molecule has 2 aromatic heterocycles. The number of amides is 1. The van der Waals surface area contributed by atoms with Gasteiger partial charge in [0.2, 0.25) is 15.7 Å². The fourth-order valence-electron chi connectivity index (χ4n) is 6.28. The standard InChI is InChI=1S/C35H29F2N3O7S/c1-38-34(43)32-25-14-22(28(39(2)48(3,44)45)16-31(25)46-33(32)19-7-10-21(36)11-8-19)20-9-12-30-24(13-20)29-15-23-26(37)5-4-6-27(23)40(29)35(17-41,18-42)47-30/h4-16,41-42H,17-18H2,1-3H3,(H,38,43). The molecule has 246 valence electrons. The normalized spacial score (nSPS) is 13.6. The van der Waals surface area contributed by atoms with Gasteiger partial charge in [0.1, 0.15) is 41.9 Å². The molecule has 0 saturated heterocycles. The van der Waals surface area contributed by atoms with Crippen molar-refractivity contribution in [2.45, 2.75) is 5.72 Å². The molecule has 0 fully saturated rings. The third kappa shape index (κ3) is 4.73. The van der Waals surface area contributed by atoms with Crippen molar-refractivity contribution in [1.29, 1.82) is 0 Å². The van der Waals surface area contributed by atoms with Crippen LogP contribution >= 0.6 is 0 Å². The summed E-state index contributed by atoms with van der Waals surface area (Å²) in [4.78, 5) is 13.3. The van der Waals surface area contributed by atoms with E-state index < -0.39 is 46.5 Å². The van der Waals surface area contributed by atoms with Gasteiger partial charge in [0, 0.05) is 47.6 Å². The maximum atomic E-state index is 15.0. The van der Waals surface area contributed by atoms with Crippen LogP contribution in [0.2, 0.25) is 0 Å². The van der Waals surface area contributed by atoms with Crippen molar-refractivity contribution in [3.63, 3.8) is 0 Å². The Morgan fingerprint density at radius 3 is 2.31 bits per heavy atom. The summed E-state index contributed by atoms with van der Waals surface area (Å²) in [5.41, 5.74) is 1.67. The van der Waals surface area contributed by atoms with Gasteiger partial charge in [0.15, 0.2) is 0 Å². The molecule has 3 heterocycles. The molecule has 0 bridgehead atoms. The first-order valence-electron chi connectivity index (χ1n) is 14.8. The Morgan fingerprint density at radius 1 is 0.938 bits per heavy atom. The van der Waals surface area contributed by atoms with Gasteiger partial charge in [-0.05, 0) is 66.2 Å². The molecular formula is C35H29F2N3O7S. The molecule has 0 radical (unpaired) electrons.